The van der Waals surface area contributed by atoms with Gasteiger partial charge < -0.3 is 19.3 Å². The quantitative estimate of drug-likeness (QED) is 0.0343. The van der Waals surface area contributed by atoms with Crippen LogP contribution in [0.15, 0.2) is 12.2 Å². The fourth-order valence-corrected chi connectivity index (χ4v) is 9.75. The Labute approximate surface area is 424 Å². The van der Waals surface area contributed by atoms with E-state index in [1.807, 2.05) is 0 Å². The molecule has 0 spiro atoms. The summed E-state index contributed by atoms with van der Waals surface area (Å²) in [6, 6.07) is 0.342. The van der Waals surface area contributed by atoms with Crippen LogP contribution in [0.2, 0.25) is 0 Å². The van der Waals surface area contributed by atoms with E-state index in [0.29, 0.717) is 31.6 Å². The molecule has 0 aliphatic heterocycles. The Balaban J connectivity index is 4.99. The summed E-state index contributed by atoms with van der Waals surface area (Å²) in [6.07, 6.45) is 52.5. The molecule has 7 heteroatoms. The van der Waals surface area contributed by atoms with Crippen LogP contribution in [0, 0.1) is 11.8 Å². The molecule has 0 rings (SSSR count). The molecule has 0 aromatic carbocycles. The number of amides is 1. The Hall–Kier alpha value is -1.89. The second-order valence-corrected chi connectivity index (χ2v) is 21.2. The first-order valence-corrected chi connectivity index (χ1v) is 30.2. The van der Waals surface area contributed by atoms with Gasteiger partial charge in [0.2, 0.25) is 5.91 Å². The van der Waals surface area contributed by atoms with Crippen LogP contribution in [0.4, 0.5) is 0 Å². The maximum Gasteiger partial charge on any atom is 0.309 e. The van der Waals surface area contributed by atoms with Gasteiger partial charge >= 0.3 is 11.9 Å². The number of allylic oxidation sites excluding steroid dienone is 2. The molecule has 0 radical (unpaired) electrons. The molecule has 0 aromatic rings. The van der Waals surface area contributed by atoms with E-state index in [4.69, 9.17) is 9.47 Å². The van der Waals surface area contributed by atoms with E-state index in [-0.39, 0.29) is 23.8 Å². The van der Waals surface area contributed by atoms with Crippen molar-refractivity contribution in [2.45, 2.75) is 310 Å². The summed E-state index contributed by atoms with van der Waals surface area (Å²) in [6.45, 7) is 14.2. The van der Waals surface area contributed by atoms with E-state index >= 15 is 0 Å². The van der Waals surface area contributed by atoms with E-state index in [1.54, 1.807) is 0 Å². The Morgan fingerprint density at radius 1 is 0.397 bits per heavy atom. The number of nitrogens with zero attached hydrogens (tertiary/aromatic N) is 2. The van der Waals surface area contributed by atoms with Crippen molar-refractivity contribution < 1.29 is 23.9 Å². The Kier molecular flexibility index (Phi) is 50.0. The lowest BCUT2D eigenvalue weighted by Crippen LogP contribution is -2.41. The maximum atomic E-state index is 14.0. The average Bonchev–Trinajstić information content (AvgIpc) is 3.33. The smallest absolute Gasteiger partial charge is 0.309 e. The van der Waals surface area contributed by atoms with E-state index in [9.17, 15) is 14.4 Å². The van der Waals surface area contributed by atoms with Crippen molar-refractivity contribution in [3.63, 3.8) is 0 Å². The number of esters is 2. The number of rotatable bonds is 53. The fourth-order valence-electron chi connectivity index (χ4n) is 9.75. The third-order valence-electron chi connectivity index (χ3n) is 14.3. The number of hydrogen-bond donors (Lipinski definition) is 0. The standard InChI is InChI=1S/C61H118N2O5/c1-8-13-18-23-32-41-51-59(64)63(53-44-52-62(6)7)58(49-39-30-26-24-28-33-42-54-67-60(65)56(45-35-19-14-9-2)46-36-20-15-10-3)50-40-31-27-25-29-34-43-55-68-61(66)57(47-37-21-16-11-4)48-38-22-17-12-5/h19,35,56-58H,8-18,20-34,36-55H2,1-7H3/b35-19+. The second kappa shape index (κ2) is 51.5. The molecule has 7 nitrogen and oxygen atoms in total. The Bertz CT molecular complexity index is 1110. The van der Waals surface area contributed by atoms with Crippen LogP contribution in [0.5, 0.6) is 0 Å². The zero-order valence-corrected chi connectivity index (χ0v) is 46.8. The first-order chi connectivity index (χ1) is 33.2. The highest BCUT2D eigenvalue weighted by molar-refractivity contribution is 5.76. The van der Waals surface area contributed by atoms with Crippen molar-refractivity contribution in [2.75, 3.05) is 40.4 Å². The fraction of sp³-hybridized carbons (Fsp3) is 0.918. The molecular weight excluding hydrogens is 841 g/mol. The predicted octanol–water partition coefficient (Wildman–Crippen LogP) is 18.1. The molecule has 402 valence electrons. The molecule has 0 aliphatic carbocycles. The normalized spacial score (nSPS) is 12.7. The van der Waals surface area contributed by atoms with Crippen molar-refractivity contribution in [3.8, 4) is 0 Å². The lowest BCUT2D eigenvalue weighted by molar-refractivity contribution is -0.150. The lowest BCUT2D eigenvalue weighted by atomic mass is 9.94. The Morgan fingerprint density at radius 2 is 0.779 bits per heavy atom. The number of carbonyl (C=O) groups excluding carboxylic acids is 3. The van der Waals surface area contributed by atoms with Crippen molar-refractivity contribution >= 4 is 17.8 Å². The van der Waals surface area contributed by atoms with Crippen LogP contribution in [0.1, 0.15) is 304 Å². The SMILES string of the molecule is CCC/C=C/CC(CCCCCC)C(=O)OCCCCCCCCCC(CCCCCCCCCOC(=O)C(CCCCCC)CCCCCC)N(CCCN(C)C)C(=O)CCCCCCCC. The van der Waals surface area contributed by atoms with Crippen molar-refractivity contribution in [2.24, 2.45) is 11.8 Å². The van der Waals surface area contributed by atoms with Gasteiger partial charge in [0.25, 0.3) is 0 Å². The van der Waals surface area contributed by atoms with Gasteiger partial charge in [0.15, 0.2) is 0 Å². The van der Waals surface area contributed by atoms with Gasteiger partial charge in [-0.25, -0.2) is 0 Å². The molecule has 0 aromatic heterocycles. The molecule has 0 fully saturated rings. The number of unbranched alkanes of at least 4 members (excludes halogenated alkanes) is 27. The second-order valence-electron chi connectivity index (χ2n) is 21.2. The summed E-state index contributed by atoms with van der Waals surface area (Å²) in [5, 5.41) is 0. The third-order valence-corrected chi connectivity index (χ3v) is 14.3. The number of ether oxygens (including phenoxy) is 2. The summed E-state index contributed by atoms with van der Waals surface area (Å²) in [5.41, 5.74) is 0. The molecule has 2 atom stereocenters. The summed E-state index contributed by atoms with van der Waals surface area (Å²) >= 11 is 0. The first kappa shape index (κ1) is 66.1. The molecule has 0 saturated carbocycles. The van der Waals surface area contributed by atoms with Gasteiger partial charge in [-0.2, -0.15) is 0 Å². The zero-order valence-electron chi connectivity index (χ0n) is 46.8. The monoisotopic (exact) mass is 959 g/mol. The van der Waals surface area contributed by atoms with Gasteiger partial charge in [-0.15, -0.1) is 0 Å². The maximum absolute atomic E-state index is 14.0. The molecule has 0 bridgehead atoms. The molecule has 68 heavy (non-hydrogen) atoms. The minimum Gasteiger partial charge on any atom is -0.465 e. The highest BCUT2D eigenvalue weighted by Gasteiger charge is 2.23. The largest absolute Gasteiger partial charge is 0.465 e. The van der Waals surface area contributed by atoms with Crippen LogP contribution in [-0.4, -0.2) is 74.1 Å². The topological polar surface area (TPSA) is 76.2 Å². The minimum atomic E-state index is 0.00629. The Morgan fingerprint density at radius 3 is 1.24 bits per heavy atom. The zero-order chi connectivity index (χ0) is 50.0. The van der Waals surface area contributed by atoms with Crippen LogP contribution >= 0.6 is 0 Å². The average molecular weight is 960 g/mol. The van der Waals surface area contributed by atoms with Crippen molar-refractivity contribution in [1.29, 1.82) is 0 Å². The summed E-state index contributed by atoms with van der Waals surface area (Å²) in [4.78, 5) is 44.5. The van der Waals surface area contributed by atoms with Gasteiger partial charge in [-0.3, -0.25) is 14.4 Å². The highest BCUT2D eigenvalue weighted by Crippen LogP contribution is 2.24. The molecule has 0 saturated heterocycles. The summed E-state index contributed by atoms with van der Waals surface area (Å²) in [7, 11) is 4.28. The highest BCUT2D eigenvalue weighted by atomic mass is 16.5. The van der Waals surface area contributed by atoms with Crippen LogP contribution in [0.25, 0.3) is 0 Å². The van der Waals surface area contributed by atoms with Crippen molar-refractivity contribution in [3.05, 3.63) is 12.2 Å². The van der Waals surface area contributed by atoms with E-state index < -0.39 is 0 Å². The molecule has 0 aliphatic rings. The molecular formula is C61H118N2O5. The van der Waals surface area contributed by atoms with Gasteiger partial charge in [-0.05, 0) is 91.3 Å². The molecule has 0 N–H and O–H groups in total. The number of carbonyl (C=O) groups is 3. The van der Waals surface area contributed by atoms with Gasteiger partial charge in [0.05, 0.1) is 25.0 Å². The van der Waals surface area contributed by atoms with Gasteiger partial charge in [0.1, 0.15) is 0 Å². The first-order valence-electron chi connectivity index (χ1n) is 30.2. The van der Waals surface area contributed by atoms with Gasteiger partial charge in [0, 0.05) is 19.0 Å². The number of hydrogen-bond acceptors (Lipinski definition) is 6. The van der Waals surface area contributed by atoms with E-state index in [2.05, 4.69) is 70.7 Å². The molecule has 2 unspecified atom stereocenters. The molecule has 1 amide bonds. The van der Waals surface area contributed by atoms with Crippen LogP contribution in [0.3, 0.4) is 0 Å². The predicted molar refractivity (Wildman–Crippen MR) is 294 cm³/mol. The van der Waals surface area contributed by atoms with E-state index in [1.165, 1.54) is 154 Å². The lowest BCUT2D eigenvalue weighted by Gasteiger charge is -2.33. The van der Waals surface area contributed by atoms with Crippen molar-refractivity contribution in [1.82, 2.24) is 9.80 Å². The van der Waals surface area contributed by atoms with Crippen LogP contribution < -0.4 is 0 Å². The third kappa shape index (κ3) is 41.9. The van der Waals surface area contributed by atoms with Gasteiger partial charge in [-0.1, -0.05) is 239 Å². The minimum absolute atomic E-state index is 0.00629. The molecule has 0 heterocycles. The van der Waals surface area contributed by atoms with Crippen LogP contribution in [-0.2, 0) is 23.9 Å². The summed E-state index contributed by atoms with van der Waals surface area (Å²) < 4.78 is 11.7. The summed E-state index contributed by atoms with van der Waals surface area (Å²) in [5.74, 6) is 0.555. The van der Waals surface area contributed by atoms with E-state index in [0.717, 1.165) is 122 Å².